The molecule has 1 aromatic heterocycles. The molecule has 1 aromatic carbocycles. The SMILES string of the molecule is N#Cc1ccc(OCC(O)CN2CCN(c3ncccn3)CC2)cc1. The Morgan fingerprint density at radius 2 is 1.80 bits per heavy atom. The summed E-state index contributed by atoms with van der Waals surface area (Å²) in [6, 6.07) is 10.8. The van der Waals surface area contributed by atoms with E-state index in [1.165, 1.54) is 0 Å². The second kappa shape index (κ2) is 8.42. The maximum absolute atomic E-state index is 10.2. The van der Waals surface area contributed by atoms with Crippen molar-refractivity contribution < 1.29 is 9.84 Å². The number of nitrogens with zero attached hydrogens (tertiary/aromatic N) is 5. The fraction of sp³-hybridized carbons (Fsp3) is 0.389. The molecule has 1 N–H and O–H groups in total. The first-order valence-corrected chi connectivity index (χ1v) is 8.30. The van der Waals surface area contributed by atoms with Gasteiger partial charge in [-0.2, -0.15) is 5.26 Å². The van der Waals surface area contributed by atoms with Crippen LogP contribution in [0.4, 0.5) is 5.95 Å². The van der Waals surface area contributed by atoms with E-state index in [0.29, 0.717) is 17.9 Å². The van der Waals surface area contributed by atoms with Gasteiger partial charge >= 0.3 is 0 Å². The van der Waals surface area contributed by atoms with Crippen molar-refractivity contribution in [3.63, 3.8) is 0 Å². The van der Waals surface area contributed by atoms with Gasteiger partial charge in [0.05, 0.1) is 11.6 Å². The third kappa shape index (κ3) is 4.89. The van der Waals surface area contributed by atoms with Crippen LogP contribution in [-0.2, 0) is 0 Å². The van der Waals surface area contributed by atoms with Crippen LogP contribution in [0, 0.1) is 11.3 Å². The highest BCUT2D eigenvalue weighted by atomic mass is 16.5. The van der Waals surface area contributed by atoms with Crippen LogP contribution in [-0.4, -0.2) is 65.4 Å². The fourth-order valence-corrected chi connectivity index (χ4v) is 2.75. The van der Waals surface area contributed by atoms with Gasteiger partial charge in [0.1, 0.15) is 18.5 Å². The van der Waals surface area contributed by atoms with Crippen LogP contribution in [0.3, 0.4) is 0 Å². The minimum Gasteiger partial charge on any atom is -0.491 e. The summed E-state index contributed by atoms with van der Waals surface area (Å²) in [4.78, 5) is 12.9. The van der Waals surface area contributed by atoms with E-state index in [1.54, 1.807) is 36.7 Å². The molecule has 3 rings (SSSR count). The van der Waals surface area contributed by atoms with Crippen molar-refractivity contribution in [1.29, 1.82) is 5.26 Å². The molecule has 7 heteroatoms. The van der Waals surface area contributed by atoms with Crippen molar-refractivity contribution in [3.05, 3.63) is 48.3 Å². The Hall–Kier alpha value is -2.69. The standard InChI is InChI=1S/C18H21N5O2/c19-12-15-2-4-17(5-3-15)25-14-16(24)13-22-8-10-23(11-9-22)18-20-6-1-7-21-18/h1-7,16,24H,8-11,13-14H2. The molecule has 1 unspecified atom stereocenters. The van der Waals surface area contributed by atoms with Gasteiger partial charge in [0.25, 0.3) is 0 Å². The number of hydrogen-bond donors (Lipinski definition) is 1. The van der Waals surface area contributed by atoms with E-state index in [2.05, 4.69) is 25.8 Å². The zero-order valence-electron chi connectivity index (χ0n) is 14.0. The van der Waals surface area contributed by atoms with Crippen LogP contribution in [0.2, 0.25) is 0 Å². The average Bonchev–Trinajstić information content (AvgIpc) is 2.68. The number of aliphatic hydroxyl groups excluding tert-OH is 1. The maximum atomic E-state index is 10.2. The lowest BCUT2D eigenvalue weighted by Crippen LogP contribution is -2.49. The van der Waals surface area contributed by atoms with E-state index in [1.807, 2.05) is 6.07 Å². The highest BCUT2D eigenvalue weighted by Crippen LogP contribution is 2.13. The minimum absolute atomic E-state index is 0.230. The third-order valence-corrected chi connectivity index (χ3v) is 4.10. The van der Waals surface area contributed by atoms with Crippen LogP contribution in [0.5, 0.6) is 5.75 Å². The Bertz CT molecular complexity index is 694. The van der Waals surface area contributed by atoms with Gasteiger partial charge in [-0.25, -0.2) is 9.97 Å². The monoisotopic (exact) mass is 339 g/mol. The summed E-state index contributed by atoms with van der Waals surface area (Å²) in [5.74, 6) is 1.41. The van der Waals surface area contributed by atoms with Crippen molar-refractivity contribution in [3.8, 4) is 11.8 Å². The van der Waals surface area contributed by atoms with E-state index in [-0.39, 0.29) is 6.61 Å². The van der Waals surface area contributed by atoms with Crippen molar-refractivity contribution in [2.75, 3.05) is 44.2 Å². The van der Waals surface area contributed by atoms with Crippen LogP contribution in [0.15, 0.2) is 42.7 Å². The molecule has 1 aliphatic rings. The molecule has 1 saturated heterocycles. The Morgan fingerprint density at radius 1 is 1.12 bits per heavy atom. The molecule has 2 heterocycles. The molecule has 25 heavy (non-hydrogen) atoms. The first-order valence-electron chi connectivity index (χ1n) is 8.30. The highest BCUT2D eigenvalue weighted by Gasteiger charge is 2.20. The number of nitriles is 1. The van der Waals surface area contributed by atoms with Gasteiger partial charge in [-0.3, -0.25) is 4.90 Å². The van der Waals surface area contributed by atoms with Gasteiger partial charge < -0.3 is 14.7 Å². The van der Waals surface area contributed by atoms with E-state index in [0.717, 1.165) is 32.1 Å². The summed E-state index contributed by atoms with van der Waals surface area (Å²) < 4.78 is 5.58. The molecule has 1 fully saturated rings. The molecule has 0 spiro atoms. The van der Waals surface area contributed by atoms with Gasteiger partial charge in [-0.05, 0) is 30.3 Å². The summed E-state index contributed by atoms with van der Waals surface area (Å²) in [6.07, 6.45) is 2.94. The van der Waals surface area contributed by atoms with Crippen molar-refractivity contribution in [1.82, 2.24) is 14.9 Å². The summed E-state index contributed by atoms with van der Waals surface area (Å²) in [5, 5.41) is 19.0. The Balaban J connectivity index is 1.40. The molecule has 130 valence electrons. The van der Waals surface area contributed by atoms with Crippen LogP contribution in [0.25, 0.3) is 0 Å². The molecule has 1 aliphatic heterocycles. The van der Waals surface area contributed by atoms with Crippen LogP contribution < -0.4 is 9.64 Å². The number of aliphatic hydroxyl groups is 1. The first kappa shape index (κ1) is 17.1. The topological polar surface area (TPSA) is 85.5 Å². The molecule has 2 aromatic rings. The maximum Gasteiger partial charge on any atom is 0.225 e. The van der Waals surface area contributed by atoms with E-state index < -0.39 is 6.10 Å². The minimum atomic E-state index is -0.560. The molecule has 1 atom stereocenters. The normalized spacial score (nSPS) is 16.2. The van der Waals surface area contributed by atoms with E-state index in [4.69, 9.17) is 10.00 Å². The quantitative estimate of drug-likeness (QED) is 0.837. The molecule has 0 bridgehead atoms. The smallest absolute Gasteiger partial charge is 0.225 e. The number of aromatic nitrogens is 2. The molecule has 0 aliphatic carbocycles. The van der Waals surface area contributed by atoms with E-state index >= 15 is 0 Å². The third-order valence-electron chi connectivity index (χ3n) is 4.10. The van der Waals surface area contributed by atoms with Gasteiger partial charge in [0, 0.05) is 45.1 Å². The number of benzene rings is 1. The average molecular weight is 339 g/mol. The number of hydrogen-bond acceptors (Lipinski definition) is 7. The van der Waals surface area contributed by atoms with Gasteiger partial charge in [-0.1, -0.05) is 0 Å². The summed E-state index contributed by atoms with van der Waals surface area (Å²) in [5.41, 5.74) is 0.591. The Labute approximate surface area is 147 Å². The van der Waals surface area contributed by atoms with E-state index in [9.17, 15) is 5.11 Å². The number of rotatable bonds is 6. The van der Waals surface area contributed by atoms with Crippen LogP contribution >= 0.6 is 0 Å². The molecule has 0 saturated carbocycles. The van der Waals surface area contributed by atoms with Crippen molar-refractivity contribution >= 4 is 5.95 Å². The van der Waals surface area contributed by atoms with Gasteiger partial charge in [0.2, 0.25) is 5.95 Å². The highest BCUT2D eigenvalue weighted by molar-refractivity contribution is 5.34. The predicted octanol–water partition coefficient (Wildman–Crippen LogP) is 0.910. The number of β-amino-alcohol motifs (C(OH)–C–C–N with tert-alkyl or cyclic N) is 1. The molecule has 0 amide bonds. The lowest BCUT2D eigenvalue weighted by atomic mass is 10.2. The zero-order valence-corrected chi connectivity index (χ0v) is 14.0. The lowest BCUT2D eigenvalue weighted by Gasteiger charge is -2.35. The number of anilines is 1. The number of piperazine rings is 1. The zero-order chi connectivity index (χ0) is 17.5. The van der Waals surface area contributed by atoms with Crippen molar-refractivity contribution in [2.45, 2.75) is 6.10 Å². The van der Waals surface area contributed by atoms with Crippen LogP contribution in [0.1, 0.15) is 5.56 Å². The molecule has 7 nitrogen and oxygen atoms in total. The Morgan fingerprint density at radius 3 is 2.44 bits per heavy atom. The second-order valence-corrected chi connectivity index (χ2v) is 5.94. The molecule has 0 radical (unpaired) electrons. The Kier molecular flexibility index (Phi) is 5.77. The molecular weight excluding hydrogens is 318 g/mol. The van der Waals surface area contributed by atoms with Crippen molar-refractivity contribution in [2.24, 2.45) is 0 Å². The summed E-state index contributed by atoms with van der Waals surface area (Å²) in [7, 11) is 0. The first-order chi connectivity index (χ1) is 12.2. The predicted molar refractivity (Wildman–Crippen MR) is 93.3 cm³/mol. The van der Waals surface area contributed by atoms with Gasteiger partial charge in [-0.15, -0.1) is 0 Å². The number of ether oxygens (including phenoxy) is 1. The largest absolute Gasteiger partial charge is 0.491 e. The summed E-state index contributed by atoms with van der Waals surface area (Å²) in [6.45, 7) is 4.19. The summed E-state index contributed by atoms with van der Waals surface area (Å²) >= 11 is 0. The lowest BCUT2D eigenvalue weighted by molar-refractivity contribution is 0.0662. The fourth-order valence-electron chi connectivity index (χ4n) is 2.75. The van der Waals surface area contributed by atoms with Gasteiger partial charge in [0.15, 0.2) is 0 Å². The molecular formula is C18H21N5O2. The second-order valence-electron chi connectivity index (χ2n) is 5.94.